The molecule has 7 nitrogen and oxygen atoms in total. The highest BCUT2D eigenvalue weighted by Crippen LogP contribution is 2.38. The molecule has 0 saturated carbocycles. The zero-order valence-corrected chi connectivity index (χ0v) is 15.4. The van der Waals surface area contributed by atoms with E-state index in [-0.39, 0.29) is 23.0 Å². The first-order valence-corrected chi connectivity index (χ1v) is 9.36. The maximum Gasteiger partial charge on any atom is 0.231 e. The zero-order chi connectivity index (χ0) is 17.8. The van der Waals surface area contributed by atoms with Crippen LogP contribution in [0.1, 0.15) is 53.7 Å². The number of carbonyl (C=O) groups excluding carboxylic acids is 2. The lowest BCUT2D eigenvalue weighted by Crippen LogP contribution is -2.31. The molecule has 0 bridgehead atoms. The molecule has 1 aliphatic carbocycles. The number of ketones is 1. The minimum Gasteiger partial charge on any atom is -0.314 e. The van der Waals surface area contributed by atoms with Crippen LogP contribution in [0.5, 0.6) is 0 Å². The molecule has 8 heteroatoms. The van der Waals surface area contributed by atoms with E-state index in [1.54, 1.807) is 0 Å². The lowest BCUT2D eigenvalue weighted by molar-refractivity contribution is -0.120. The van der Waals surface area contributed by atoms with E-state index in [1.165, 1.54) is 11.3 Å². The number of rotatable bonds is 2. The van der Waals surface area contributed by atoms with Crippen molar-refractivity contribution in [3.63, 3.8) is 0 Å². The van der Waals surface area contributed by atoms with Crippen molar-refractivity contribution in [1.82, 2.24) is 19.7 Å². The van der Waals surface area contributed by atoms with Gasteiger partial charge in [0.25, 0.3) is 0 Å². The summed E-state index contributed by atoms with van der Waals surface area (Å²) in [4.78, 5) is 30.2. The van der Waals surface area contributed by atoms with Crippen molar-refractivity contribution in [1.29, 1.82) is 0 Å². The summed E-state index contributed by atoms with van der Waals surface area (Å²) in [6.45, 7) is 6.65. The molecule has 132 valence electrons. The predicted molar refractivity (Wildman–Crippen MR) is 93.7 cm³/mol. The summed E-state index contributed by atoms with van der Waals surface area (Å²) in [5.74, 6) is 1.74. The number of nitrogens with zero attached hydrogens (tertiary/aromatic N) is 4. The van der Waals surface area contributed by atoms with Crippen LogP contribution in [0.3, 0.4) is 0 Å². The van der Waals surface area contributed by atoms with E-state index in [0.717, 1.165) is 36.6 Å². The number of thiazole rings is 1. The summed E-state index contributed by atoms with van der Waals surface area (Å²) in [5.41, 5.74) is 0.757. The smallest absolute Gasteiger partial charge is 0.231 e. The quantitative estimate of drug-likeness (QED) is 0.889. The van der Waals surface area contributed by atoms with Crippen LogP contribution in [0.25, 0.3) is 0 Å². The number of aromatic nitrogens is 4. The maximum atomic E-state index is 12.6. The second kappa shape index (κ2) is 5.72. The Labute approximate surface area is 149 Å². The van der Waals surface area contributed by atoms with E-state index >= 15 is 0 Å². The summed E-state index contributed by atoms with van der Waals surface area (Å²) in [7, 11) is 0. The molecular weight excluding hydrogens is 338 g/mol. The second-order valence-corrected chi connectivity index (χ2v) is 8.73. The molecule has 0 saturated heterocycles. The maximum absolute atomic E-state index is 12.6. The van der Waals surface area contributed by atoms with E-state index in [9.17, 15) is 9.59 Å². The minimum absolute atomic E-state index is 0.0449. The van der Waals surface area contributed by atoms with Crippen molar-refractivity contribution in [2.24, 2.45) is 11.3 Å². The monoisotopic (exact) mass is 359 g/mol. The third-order valence-corrected chi connectivity index (χ3v) is 6.02. The average Bonchev–Trinajstić information content (AvgIpc) is 3.10. The van der Waals surface area contributed by atoms with Crippen molar-refractivity contribution in [2.45, 2.75) is 53.0 Å². The molecular formula is C17H21N5O2S. The highest BCUT2D eigenvalue weighted by atomic mass is 32.1. The van der Waals surface area contributed by atoms with Crippen LogP contribution in [-0.2, 0) is 24.2 Å². The molecule has 0 spiro atoms. The molecule has 2 aromatic heterocycles. The normalized spacial score (nSPS) is 21.6. The predicted octanol–water partition coefficient (Wildman–Crippen LogP) is 2.40. The number of carbonyl (C=O) groups is 2. The molecule has 0 unspecified atom stereocenters. The van der Waals surface area contributed by atoms with Crippen molar-refractivity contribution >= 4 is 28.2 Å². The Balaban J connectivity index is 1.49. The van der Waals surface area contributed by atoms with Gasteiger partial charge in [0.05, 0.1) is 16.5 Å². The van der Waals surface area contributed by atoms with Gasteiger partial charge in [-0.2, -0.15) is 0 Å². The number of Topliss-reactive ketones (excluding diaryl/α,β-unsaturated/α-hetero) is 1. The van der Waals surface area contributed by atoms with Crippen LogP contribution >= 0.6 is 11.3 Å². The lowest BCUT2D eigenvalue weighted by atomic mass is 9.78. The molecule has 1 N–H and O–H groups in total. The molecule has 2 aliphatic rings. The lowest BCUT2D eigenvalue weighted by Gasteiger charge is -2.26. The standard InChI is InChI=1S/C17H21N5O2S/c1-9-20-21-13-5-4-10(8-22(9)13)15(24)19-16-18-11-6-17(2,3)7-12(23)14(11)25-16/h10H,4-8H2,1-3H3,(H,18,19,24)/t10-/m0/s1. The summed E-state index contributed by atoms with van der Waals surface area (Å²) in [5, 5.41) is 11.7. The number of fused-ring (bicyclic) bond motifs is 2. The first-order chi connectivity index (χ1) is 11.8. The van der Waals surface area contributed by atoms with Gasteiger partial charge in [0.2, 0.25) is 5.91 Å². The number of hydrogen-bond donors (Lipinski definition) is 1. The van der Waals surface area contributed by atoms with Gasteiger partial charge in [0.15, 0.2) is 10.9 Å². The summed E-state index contributed by atoms with van der Waals surface area (Å²) in [6, 6.07) is 0. The van der Waals surface area contributed by atoms with E-state index in [0.29, 0.717) is 23.0 Å². The molecule has 0 radical (unpaired) electrons. The number of aryl methyl sites for hydroxylation is 2. The van der Waals surface area contributed by atoms with E-state index < -0.39 is 0 Å². The number of nitrogens with one attached hydrogen (secondary N) is 1. The number of anilines is 1. The summed E-state index contributed by atoms with van der Waals surface area (Å²) >= 11 is 1.30. The van der Waals surface area contributed by atoms with E-state index in [2.05, 4.69) is 34.3 Å². The Kier molecular flexibility index (Phi) is 3.75. The minimum atomic E-state index is -0.129. The Morgan fingerprint density at radius 2 is 2.12 bits per heavy atom. The van der Waals surface area contributed by atoms with Crippen LogP contribution in [0.2, 0.25) is 0 Å². The highest BCUT2D eigenvalue weighted by Gasteiger charge is 2.34. The van der Waals surface area contributed by atoms with Crippen LogP contribution in [0.15, 0.2) is 0 Å². The molecule has 0 aromatic carbocycles. The number of hydrogen-bond acceptors (Lipinski definition) is 6. The molecule has 1 amide bonds. The van der Waals surface area contributed by atoms with E-state index in [1.807, 2.05) is 11.5 Å². The average molecular weight is 359 g/mol. The van der Waals surface area contributed by atoms with Gasteiger partial charge in [0, 0.05) is 19.4 Å². The van der Waals surface area contributed by atoms with Gasteiger partial charge in [-0.05, 0) is 25.2 Å². The summed E-state index contributed by atoms with van der Waals surface area (Å²) in [6.07, 6.45) is 2.81. The molecule has 2 aromatic rings. The van der Waals surface area contributed by atoms with Gasteiger partial charge in [-0.1, -0.05) is 25.2 Å². The van der Waals surface area contributed by atoms with Gasteiger partial charge in [-0.3, -0.25) is 9.59 Å². The first-order valence-electron chi connectivity index (χ1n) is 8.55. The molecule has 1 atom stereocenters. The summed E-state index contributed by atoms with van der Waals surface area (Å²) < 4.78 is 2.01. The largest absolute Gasteiger partial charge is 0.314 e. The topological polar surface area (TPSA) is 89.8 Å². The fourth-order valence-electron chi connectivity index (χ4n) is 3.66. The Hall–Kier alpha value is -2.09. The van der Waals surface area contributed by atoms with Gasteiger partial charge < -0.3 is 9.88 Å². The highest BCUT2D eigenvalue weighted by molar-refractivity contribution is 7.17. The zero-order valence-electron chi connectivity index (χ0n) is 14.6. The van der Waals surface area contributed by atoms with Crippen molar-refractivity contribution in [3.05, 3.63) is 22.2 Å². The Bertz CT molecular complexity index is 867. The first kappa shape index (κ1) is 16.4. The van der Waals surface area contributed by atoms with Crippen molar-refractivity contribution in [3.8, 4) is 0 Å². The third kappa shape index (κ3) is 2.99. The second-order valence-electron chi connectivity index (χ2n) is 7.73. The van der Waals surface area contributed by atoms with Gasteiger partial charge in [-0.15, -0.1) is 10.2 Å². The fourth-order valence-corrected chi connectivity index (χ4v) is 4.58. The Morgan fingerprint density at radius 3 is 2.92 bits per heavy atom. The third-order valence-electron chi connectivity index (χ3n) is 4.97. The molecule has 4 rings (SSSR count). The molecule has 25 heavy (non-hydrogen) atoms. The number of amides is 1. The molecule has 3 heterocycles. The Morgan fingerprint density at radius 1 is 1.32 bits per heavy atom. The van der Waals surface area contributed by atoms with Crippen LogP contribution in [0.4, 0.5) is 5.13 Å². The van der Waals surface area contributed by atoms with Crippen LogP contribution in [0, 0.1) is 18.3 Å². The van der Waals surface area contributed by atoms with Crippen molar-refractivity contribution in [2.75, 3.05) is 5.32 Å². The van der Waals surface area contributed by atoms with Crippen molar-refractivity contribution < 1.29 is 9.59 Å². The molecule has 1 aliphatic heterocycles. The van der Waals surface area contributed by atoms with Crippen LogP contribution < -0.4 is 5.32 Å². The SMILES string of the molecule is Cc1nnc2n1C[C@@H](C(=O)Nc1nc3c(s1)C(=O)CC(C)(C)C3)CC2. The van der Waals surface area contributed by atoms with E-state index in [4.69, 9.17) is 0 Å². The van der Waals surface area contributed by atoms with Gasteiger partial charge in [-0.25, -0.2) is 4.98 Å². The van der Waals surface area contributed by atoms with Crippen LogP contribution in [-0.4, -0.2) is 31.4 Å². The van der Waals surface area contributed by atoms with Gasteiger partial charge in [0.1, 0.15) is 11.6 Å². The fraction of sp³-hybridized carbons (Fsp3) is 0.588. The molecule has 0 fully saturated rings. The van der Waals surface area contributed by atoms with Gasteiger partial charge >= 0.3 is 0 Å².